The minimum atomic E-state index is 0.146. The summed E-state index contributed by atoms with van der Waals surface area (Å²) in [5.41, 5.74) is 0.735. The van der Waals surface area contributed by atoms with Crippen molar-refractivity contribution in [2.75, 3.05) is 20.2 Å². The number of methoxy groups -OCH3 is 1. The molecule has 0 bridgehead atoms. The van der Waals surface area contributed by atoms with E-state index in [4.69, 9.17) is 4.74 Å². The minimum Gasteiger partial charge on any atom is -0.497 e. The molecular weight excluding hydrogens is 264 g/mol. The van der Waals surface area contributed by atoms with Crippen molar-refractivity contribution < 1.29 is 9.53 Å². The Morgan fingerprint density at radius 2 is 2.19 bits per heavy atom. The summed E-state index contributed by atoms with van der Waals surface area (Å²) in [4.78, 5) is 15.0. The van der Waals surface area contributed by atoms with Crippen LogP contribution in [0, 0.1) is 0 Å². The predicted octanol–water partition coefficient (Wildman–Crippen LogP) is 2.44. The van der Waals surface area contributed by atoms with Gasteiger partial charge in [-0.15, -0.1) is 0 Å². The Bertz CT molecular complexity index is 497. The molecule has 2 saturated heterocycles. The number of ether oxygens (including phenoxy) is 1. The first kappa shape index (κ1) is 14.4. The van der Waals surface area contributed by atoms with Crippen LogP contribution in [0.3, 0.4) is 0 Å². The SMILES string of the molecule is COc1cccc(C(=O)N2CCCCC2C2CCCN2)c1. The van der Waals surface area contributed by atoms with Gasteiger partial charge in [0.25, 0.3) is 5.91 Å². The van der Waals surface area contributed by atoms with Crippen molar-refractivity contribution in [2.24, 2.45) is 0 Å². The Kier molecular flexibility index (Phi) is 4.44. The highest BCUT2D eigenvalue weighted by Crippen LogP contribution is 2.26. The first-order valence-electron chi connectivity index (χ1n) is 7.98. The van der Waals surface area contributed by atoms with Crippen LogP contribution >= 0.6 is 0 Å². The fourth-order valence-electron chi connectivity index (χ4n) is 3.59. The van der Waals surface area contributed by atoms with Gasteiger partial charge in [0.2, 0.25) is 0 Å². The van der Waals surface area contributed by atoms with Gasteiger partial charge in [0, 0.05) is 24.2 Å². The Morgan fingerprint density at radius 1 is 1.29 bits per heavy atom. The maximum absolute atomic E-state index is 12.9. The van der Waals surface area contributed by atoms with Gasteiger partial charge in [-0.2, -0.15) is 0 Å². The molecule has 21 heavy (non-hydrogen) atoms. The number of nitrogens with zero attached hydrogens (tertiary/aromatic N) is 1. The molecule has 3 rings (SSSR count). The van der Waals surface area contributed by atoms with E-state index in [0.29, 0.717) is 12.1 Å². The maximum atomic E-state index is 12.9. The molecule has 2 unspecified atom stereocenters. The second kappa shape index (κ2) is 6.48. The van der Waals surface area contributed by atoms with Gasteiger partial charge in [-0.25, -0.2) is 0 Å². The highest BCUT2D eigenvalue weighted by molar-refractivity contribution is 5.95. The Hall–Kier alpha value is -1.55. The fourth-order valence-corrected chi connectivity index (χ4v) is 3.59. The molecule has 1 amide bonds. The molecule has 2 aliphatic rings. The summed E-state index contributed by atoms with van der Waals surface area (Å²) in [5.74, 6) is 0.890. The molecule has 0 spiro atoms. The van der Waals surface area contributed by atoms with Gasteiger partial charge in [0.05, 0.1) is 7.11 Å². The van der Waals surface area contributed by atoms with E-state index in [1.807, 2.05) is 24.3 Å². The highest BCUT2D eigenvalue weighted by Gasteiger charge is 2.34. The Morgan fingerprint density at radius 3 is 2.95 bits per heavy atom. The quantitative estimate of drug-likeness (QED) is 0.929. The summed E-state index contributed by atoms with van der Waals surface area (Å²) in [6.45, 7) is 1.96. The smallest absolute Gasteiger partial charge is 0.254 e. The number of nitrogens with one attached hydrogen (secondary N) is 1. The van der Waals surface area contributed by atoms with Gasteiger partial charge in [-0.3, -0.25) is 4.79 Å². The largest absolute Gasteiger partial charge is 0.497 e. The first-order valence-corrected chi connectivity index (χ1v) is 7.98. The average Bonchev–Trinajstić information content (AvgIpc) is 3.08. The summed E-state index contributed by atoms with van der Waals surface area (Å²) in [5, 5.41) is 3.57. The predicted molar refractivity (Wildman–Crippen MR) is 82.7 cm³/mol. The number of likely N-dealkylation sites (tertiary alicyclic amines) is 1. The van der Waals surface area contributed by atoms with Crippen LogP contribution in [0.25, 0.3) is 0 Å². The highest BCUT2D eigenvalue weighted by atomic mass is 16.5. The summed E-state index contributed by atoms with van der Waals surface area (Å²) in [6.07, 6.45) is 5.87. The molecule has 1 aromatic rings. The number of hydrogen-bond acceptors (Lipinski definition) is 3. The standard InChI is InChI=1S/C17H24N2O2/c1-21-14-7-4-6-13(12-14)17(20)19-11-3-2-9-16(19)15-8-5-10-18-15/h4,6-7,12,15-16,18H,2-3,5,8-11H2,1H3. The molecule has 0 saturated carbocycles. The lowest BCUT2D eigenvalue weighted by Gasteiger charge is -2.39. The normalized spacial score (nSPS) is 25.9. The molecule has 0 aromatic heterocycles. The van der Waals surface area contributed by atoms with Gasteiger partial charge in [-0.1, -0.05) is 6.07 Å². The lowest BCUT2D eigenvalue weighted by atomic mass is 9.93. The van der Waals surface area contributed by atoms with Crippen LogP contribution < -0.4 is 10.1 Å². The van der Waals surface area contributed by atoms with E-state index in [9.17, 15) is 4.79 Å². The molecular formula is C17H24N2O2. The summed E-state index contributed by atoms with van der Waals surface area (Å²) < 4.78 is 5.24. The van der Waals surface area contributed by atoms with E-state index in [0.717, 1.165) is 37.2 Å². The lowest BCUT2D eigenvalue weighted by molar-refractivity contribution is 0.0563. The Balaban J connectivity index is 1.79. The lowest BCUT2D eigenvalue weighted by Crippen LogP contribution is -2.52. The molecule has 2 aliphatic heterocycles. The zero-order chi connectivity index (χ0) is 14.7. The second-order valence-electron chi connectivity index (χ2n) is 6.00. The molecule has 2 atom stereocenters. The molecule has 2 fully saturated rings. The van der Waals surface area contributed by atoms with E-state index in [-0.39, 0.29) is 5.91 Å². The molecule has 1 N–H and O–H groups in total. The van der Waals surface area contributed by atoms with E-state index < -0.39 is 0 Å². The van der Waals surface area contributed by atoms with Crippen molar-refractivity contribution >= 4 is 5.91 Å². The van der Waals surface area contributed by atoms with Crippen molar-refractivity contribution in [2.45, 2.75) is 44.2 Å². The van der Waals surface area contributed by atoms with Crippen LogP contribution in [-0.2, 0) is 0 Å². The van der Waals surface area contributed by atoms with E-state index in [2.05, 4.69) is 10.2 Å². The molecule has 4 nitrogen and oxygen atoms in total. The van der Waals surface area contributed by atoms with E-state index >= 15 is 0 Å². The number of benzene rings is 1. The van der Waals surface area contributed by atoms with Crippen LogP contribution in [0.5, 0.6) is 5.75 Å². The zero-order valence-corrected chi connectivity index (χ0v) is 12.7. The first-order chi connectivity index (χ1) is 10.3. The van der Waals surface area contributed by atoms with Crippen LogP contribution in [0.1, 0.15) is 42.5 Å². The van der Waals surface area contributed by atoms with Gasteiger partial charge < -0.3 is 15.0 Å². The minimum absolute atomic E-state index is 0.146. The van der Waals surface area contributed by atoms with Crippen LogP contribution in [0.15, 0.2) is 24.3 Å². The summed E-state index contributed by atoms with van der Waals surface area (Å²) >= 11 is 0. The monoisotopic (exact) mass is 288 g/mol. The molecule has 1 aromatic carbocycles. The van der Waals surface area contributed by atoms with Crippen LogP contribution in [0.2, 0.25) is 0 Å². The summed E-state index contributed by atoms with van der Waals surface area (Å²) in [7, 11) is 1.63. The van der Waals surface area contributed by atoms with Crippen molar-refractivity contribution in [3.05, 3.63) is 29.8 Å². The van der Waals surface area contributed by atoms with Gasteiger partial charge in [0.1, 0.15) is 5.75 Å². The van der Waals surface area contributed by atoms with Crippen LogP contribution in [0.4, 0.5) is 0 Å². The number of carbonyl (C=O) groups excluding carboxylic acids is 1. The zero-order valence-electron chi connectivity index (χ0n) is 12.7. The number of hydrogen-bond donors (Lipinski definition) is 1. The number of piperidine rings is 1. The Labute approximate surface area is 126 Å². The van der Waals surface area contributed by atoms with E-state index in [1.54, 1.807) is 7.11 Å². The molecule has 114 valence electrons. The van der Waals surface area contributed by atoms with Gasteiger partial charge in [-0.05, 0) is 56.8 Å². The number of carbonyl (C=O) groups is 1. The third-order valence-electron chi connectivity index (χ3n) is 4.69. The van der Waals surface area contributed by atoms with Crippen molar-refractivity contribution in [1.29, 1.82) is 0 Å². The molecule has 4 heteroatoms. The third kappa shape index (κ3) is 3.05. The van der Waals surface area contributed by atoms with Crippen molar-refractivity contribution in [3.63, 3.8) is 0 Å². The third-order valence-corrected chi connectivity index (χ3v) is 4.69. The summed E-state index contributed by atoms with van der Waals surface area (Å²) in [6, 6.07) is 8.32. The second-order valence-corrected chi connectivity index (χ2v) is 6.00. The topological polar surface area (TPSA) is 41.6 Å². The van der Waals surface area contributed by atoms with Crippen LogP contribution in [-0.4, -0.2) is 43.1 Å². The molecule has 0 radical (unpaired) electrons. The van der Waals surface area contributed by atoms with Gasteiger partial charge in [0.15, 0.2) is 0 Å². The molecule has 0 aliphatic carbocycles. The van der Waals surface area contributed by atoms with Crippen molar-refractivity contribution in [1.82, 2.24) is 10.2 Å². The fraction of sp³-hybridized carbons (Fsp3) is 0.588. The van der Waals surface area contributed by atoms with E-state index in [1.165, 1.54) is 19.3 Å². The molecule has 2 heterocycles. The number of rotatable bonds is 3. The maximum Gasteiger partial charge on any atom is 0.254 e. The van der Waals surface area contributed by atoms with Gasteiger partial charge >= 0.3 is 0 Å². The number of amides is 1. The average molecular weight is 288 g/mol. The van der Waals surface area contributed by atoms with Crippen molar-refractivity contribution in [3.8, 4) is 5.75 Å².